The third kappa shape index (κ3) is 3.17. The first-order chi connectivity index (χ1) is 8.25. The molecule has 1 aromatic heterocycles. The van der Waals surface area contributed by atoms with Crippen molar-refractivity contribution in [1.29, 1.82) is 0 Å². The van der Waals surface area contributed by atoms with Crippen molar-refractivity contribution in [3.8, 4) is 0 Å². The van der Waals surface area contributed by atoms with Crippen LogP contribution in [0.15, 0.2) is 47.5 Å². The molecule has 0 unspecified atom stereocenters. The van der Waals surface area contributed by atoms with Crippen LogP contribution in [0.2, 0.25) is 0 Å². The number of likely N-dealkylation sites (N-methyl/N-ethyl adjacent to an activating group) is 1. The fraction of sp³-hybridized carbons (Fsp3) is 0.231. The Morgan fingerprint density at radius 3 is 2.76 bits per heavy atom. The van der Waals surface area contributed by atoms with Gasteiger partial charge in [-0.2, -0.15) is 0 Å². The lowest BCUT2D eigenvalue weighted by Gasteiger charge is -2.17. The molecule has 2 aromatic rings. The fourth-order valence-electron chi connectivity index (χ4n) is 1.62. The molecule has 0 radical (unpaired) electrons. The Hall–Kier alpha value is -2.10. The number of anilines is 1. The van der Waals surface area contributed by atoms with Crippen LogP contribution in [0.25, 0.3) is 0 Å². The Morgan fingerprint density at radius 2 is 2.06 bits per heavy atom. The van der Waals surface area contributed by atoms with Crippen molar-refractivity contribution >= 4 is 5.82 Å². The Bertz CT molecular complexity index is 521. The van der Waals surface area contributed by atoms with Gasteiger partial charge in [-0.05, 0) is 12.0 Å². The molecule has 1 heterocycles. The largest absolute Gasteiger partial charge is 0.359 e. The minimum atomic E-state index is -0.124. The van der Waals surface area contributed by atoms with Crippen LogP contribution in [0.3, 0.4) is 0 Å². The Kier molecular flexibility index (Phi) is 3.55. The van der Waals surface area contributed by atoms with E-state index in [-0.39, 0.29) is 5.56 Å². The van der Waals surface area contributed by atoms with Gasteiger partial charge in [-0.25, -0.2) is 4.98 Å². The number of aromatic nitrogens is 2. The second-order valence-corrected chi connectivity index (χ2v) is 3.93. The zero-order valence-electron chi connectivity index (χ0n) is 9.76. The molecule has 0 bridgehead atoms. The van der Waals surface area contributed by atoms with E-state index in [4.69, 9.17) is 0 Å². The van der Waals surface area contributed by atoms with Gasteiger partial charge in [0, 0.05) is 19.7 Å². The van der Waals surface area contributed by atoms with E-state index >= 15 is 0 Å². The van der Waals surface area contributed by atoms with Crippen LogP contribution >= 0.6 is 0 Å². The van der Waals surface area contributed by atoms with Crippen LogP contribution < -0.4 is 10.5 Å². The molecule has 0 saturated carbocycles. The van der Waals surface area contributed by atoms with Gasteiger partial charge in [-0.15, -0.1) is 0 Å². The van der Waals surface area contributed by atoms with Crippen LogP contribution in [-0.2, 0) is 6.42 Å². The summed E-state index contributed by atoms with van der Waals surface area (Å²) in [5.74, 6) is 0.699. The van der Waals surface area contributed by atoms with Crippen molar-refractivity contribution in [2.24, 2.45) is 0 Å². The van der Waals surface area contributed by atoms with E-state index in [2.05, 4.69) is 22.1 Å². The molecule has 0 amide bonds. The average Bonchev–Trinajstić information content (AvgIpc) is 2.37. The highest BCUT2D eigenvalue weighted by Gasteiger charge is 2.02. The van der Waals surface area contributed by atoms with Crippen molar-refractivity contribution in [3.63, 3.8) is 0 Å². The highest BCUT2D eigenvalue weighted by Crippen LogP contribution is 2.06. The molecule has 0 aliphatic carbocycles. The molecule has 4 nitrogen and oxygen atoms in total. The van der Waals surface area contributed by atoms with E-state index in [9.17, 15) is 4.79 Å². The monoisotopic (exact) mass is 229 g/mol. The number of rotatable bonds is 4. The van der Waals surface area contributed by atoms with Gasteiger partial charge in [0.05, 0.1) is 6.33 Å². The van der Waals surface area contributed by atoms with Crippen LogP contribution in [0.5, 0.6) is 0 Å². The maximum atomic E-state index is 11.1. The first kappa shape index (κ1) is 11.4. The Morgan fingerprint density at radius 1 is 1.29 bits per heavy atom. The quantitative estimate of drug-likeness (QED) is 0.863. The number of aromatic amines is 1. The number of nitrogens with one attached hydrogen (secondary N) is 1. The van der Waals surface area contributed by atoms with Gasteiger partial charge in [-0.1, -0.05) is 30.3 Å². The summed E-state index contributed by atoms with van der Waals surface area (Å²) in [4.78, 5) is 19.8. The third-order valence-corrected chi connectivity index (χ3v) is 2.63. The van der Waals surface area contributed by atoms with Gasteiger partial charge in [-0.3, -0.25) is 4.79 Å². The summed E-state index contributed by atoms with van der Waals surface area (Å²) >= 11 is 0. The van der Waals surface area contributed by atoms with Crippen molar-refractivity contribution in [1.82, 2.24) is 9.97 Å². The summed E-state index contributed by atoms with van der Waals surface area (Å²) in [5.41, 5.74) is 1.16. The van der Waals surface area contributed by atoms with Gasteiger partial charge in [0.2, 0.25) is 0 Å². The minimum Gasteiger partial charge on any atom is -0.359 e. The van der Waals surface area contributed by atoms with E-state index in [0.717, 1.165) is 13.0 Å². The maximum Gasteiger partial charge on any atom is 0.252 e. The summed E-state index contributed by atoms with van der Waals surface area (Å²) in [6.07, 6.45) is 2.36. The van der Waals surface area contributed by atoms with Crippen LogP contribution in [-0.4, -0.2) is 23.6 Å². The van der Waals surface area contributed by atoms with Gasteiger partial charge >= 0.3 is 0 Å². The molecule has 88 valence electrons. The number of hydrogen-bond donors (Lipinski definition) is 1. The van der Waals surface area contributed by atoms with Crippen molar-refractivity contribution < 1.29 is 0 Å². The van der Waals surface area contributed by atoms with Crippen LogP contribution in [0, 0.1) is 0 Å². The van der Waals surface area contributed by atoms with E-state index in [1.807, 2.05) is 30.1 Å². The predicted octanol–water partition coefficient (Wildman–Crippen LogP) is 1.45. The number of H-pyrrole nitrogens is 1. The first-order valence-corrected chi connectivity index (χ1v) is 5.55. The van der Waals surface area contributed by atoms with Gasteiger partial charge < -0.3 is 9.88 Å². The molecule has 0 fully saturated rings. The highest BCUT2D eigenvalue weighted by molar-refractivity contribution is 5.35. The first-order valence-electron chi connectivity index (χ1n) is 5.55. The topological polar surface area (TPSA) is 49.0 Å². The third-order valence-electron chi connectivity index (χ3n) is 2.63. The summed E-state index contributed by atoms with van der Waals surface area (Å²) in [5, 5.41) is 0. The normalized spacial score (nSPS) is 10.2. The smallest absolute Gasteiger partial charge is 0.252 e. The fourth-order valence-corrected chi connectivity index (χ4v) is 1.62. The summed E-state index contributed by atoms with van der Waals surface area (Å²) in [6.45, 7) is 0.834. The second kappa shape index (κ2) is 5.30. The molecular formula is C13H15N3O. The van der Waals surface area contributed by atoms with E-state index in [1.54, 1.807) is 0 Å². The number of nitrogens with zero attached hydrogens (tertiary/aromatic N) is 2. The van der Waals surface area contributed by atoms with Crippen LogP contribution in [0.1, 0.15) is 5.56 Å². The van der Waals surface area contributed by atoms with E-state index in [1.165, 1.54) is 18.0 Å². The minimum absolute atomic E-state index is 0.124. The van der Waals surface area contributed by atoms with E-state index in [0.29, 0.717) is 5.82 Å². The second-order valence-electron chi connectivity index (χ2n) is 3.93. The molecule has 0 spiro atoms. The van der Waals surface area contributed by atoms with Gasteiger partial charge in [0.15, 0.2) is 0 Å². The lowest BCUT2D eigenvalue weighted by molar-refractivity contribution is 0.853. The molecule has 0 aliphatic rings. The molecule has 4 heteroatoms. The molecule has 17 heavy (non-hydrogen) atoms. The maximum absolute atomic E-state index is 11.1. The van der Waals surface area contributed by atoms with E-state index < -0.39 is 0 Å². The van der Waals surface area contributed by atoms with Gasteiger partial charge in [0.1, 0.15) is 5.82 Å². The molecule has 2 rings (SSSR count). The predicted molar refractivity (Wildman–Crippen MR) is 68.3 cm³/mol. The summed E-state index contributed by atoms with van der Waals surface area (Å²) in [7, 11) is 1.94. The molecular weight excluding hydrogens is 214 g/mol. The molecule has 0 aliphatic heterocycles. The lowest BCUT2D eigenvalue weighted by Crippen LogP contribution is -2.23. The molecule has 0 atom stereocenters. The summed E-state index contributed by atoms with van der Waals surface area (Å²) < 4.78 is 0. The number of hydrogen-bond acceptors (Lipinski definition) is 3. The number of benzene rings is 1. The van der Waals surface area contributed by atoms with Crippen LogP contribution in [0.4, 0.5) is 5.82 Å². The zero-order valence-corrected chi connectivity index (χ0v) is 9.76. The summed E-state index contributed by atoms with van der Waals surface area (Å²) in [6, 6.07) is 11.8. The van der Waals surface area contributed by atoms with Gasteiger partial charge in [0.25, 0.3) is 5.56 Å². The molecule has 1 N–H and O–H groups in total. The standard InChI is InChI=1S/C13H15N3O/c1-16(12-9-13(17)15-10-14-12)8-7-11-5-3-2-4-6-11/h2-6,9-10H,7-8H2,1H3,(H,14,15,17). The Balaban J connectivity index is 1.98. The van der Waals surface area contributed by atoms with Crippen molar-refractivity contribution in [2.45, 2.75) is 6.42 Å². The molecule has 0 saturated heterocycles. The SMILES string of the molecule is CN(CCc1ccccc1)c1cc(=O)[nH]cn1. The average molecular weight is 229 g/mol. The lowest BCUT2D eigenvalue weighted by atomic mass is 10.1. The molecule has 1 aromatic carbocycles. The van der Waals surface area contributed by atoms with Crippen molar-refractivity contribution in [3.05, 3.63) is 58.6 Å². The van der Waals surface area contributed by atoms with Crippen molar-refractivity contribution in [2.75, 3.05) is 18.5 Å². The highest BCUT2D eigenvalue weighted by atomic mass is 16.1. The Labute approximate surface area is 99.9 Å². The zero-order chi connectivity index (χ0) is 12.1.